The van der Waals surface area contributed by atoms with Crippen LogP contribution in [0, 0.1) is 0 Å². The normalized spacial score (nSPS) is 23.5. The van der Waals surface area contributed by atoms with Crippen LogP contribution in [0.25, 0.3) is 22.2 Å². The Bertz CT molecular complexity index is 1710. The smallest absolute Gasteiger partial charge is 0.417 e. The number of piperidine rings is 1. The van der Waals surface area contributed by atoms with Crippen LogP contribution in [0.15, 0.2) is 53.2 Å². The molecule has 0 radical (unpaired) electrons. The van der Waals surface area contributed by atoms with Gasteiger partial charge in [-0.25, -0.2) is 9.18 Å². The van der Waals surface area contributed by atoms with Crippen LogP contribution in [0.3, 0.4) is 0 Å². The number of benzene rings is 2. The molecular formula is C33H33F4N3O4. The number of hydrogen-bond donors (Lipinski definition) is 0. The van der Waals surface area contributed by atoms with Gasteiger partial charge in [0, 0.05) is 66.3 Å². The lowest BCUT2D eigenvalue weighted by molar-refractivity contribution is -0.137. The third-order valence-corrected chi connectivity index (χ3v) is 9.36. The van der Waals surface area contributed by atoms with Gasteiger partial charge in [0.15, 0.2) is 0 Å². The van der Waals surface area contributed by atoms with Crippen molar-refractivity contribution in [1.82, 2.24) is 9.72 Å². The summed E-state index contributed by atoms with van der Waals surface area (Å²) >= 11 is 0. The van der Waals surface area contributed by atoms with Crippen LogP contribution in [0.2, 0.25) is 0 Å². The van der Waals surface area contributed by atoms with Crippen molar-refractivity contribution in [2.24, 2.45) is 7.05 Å². The first-order valence-corrected chi connectivity index (χ1v) is 14.9. The van der Waals surface area contributed by atoms with Crippen LogP contribution in [-0.4, -0.2) is 47.2 Å². The summed E-state index contributed by atoms with van der Waals surface area (Å²) in [4.78, 5) is 14.5. The number of esters is 1. The number of rotatable bonds is 8. The Morgan fingerprint density at radius 1 is 1.09 bits per heavy atom. The van der Waals surface area contributed by atoms with Gasteiger partial charge in [0.25, 0.3) is 0 Å². The number of fused-ring (bicyclic) bond motifs is 3. The van der Waals surface area contributed by atoms with E-state index in [1.807, 2.05) is 29.8 Å². The molecule has 2 saturated heterocycles. The van der Waals surface area contributed by atoms with E-state index in [0.29, 0.717) is 16.9 Å². The second-order valence-electron chi connectivity index (χ2n) is 12.4. The van der Waals surface area contributed by atoms with Gasteiger partial charge in [-0.15, -0.1) is 0 Å². The van der Waals surface area contributed by atoms with Gasteiger partial charge in [0.05, 0.1) is 37.0 Å². The molecule has 0 amide bonds. The van der Waals surface area contributed by atoms with Gasteiger partial charge in [0.2, 0.25) is 0 Å². The Kier molecular flexibility index (Phi) is 6.99. The van der Waals surface area contributed by atoms with Gasteiger partial charge < -0.3 is 23.5 Å². The second-order valence-corrected chi connectivity index (χ2v) is 12.4. The highest BCUT2D eigenvalue weighted by molar-refractivity contribution is 6.05. The Morgan fingerprint density at radius 2 is 1.82 bits per heavy atom. The lowest BCUT2D eigenvalue weighted by Crippen LogP contribution is -2.51. The minimum absolute atomic E-state index is 0.0213. The van der Waals surface area contributed by atoms with Crippen LogP contribution in [0.1, 0.15) is 71.7 Å². The zero-order valence-electron chi connectivity index (χ0n) is 24.5. The standard InChI is InChI=1S/C33H33F4N3O4/c1-39-16-25(31(41)42-2)23-12-11-20(13-28(23)39)40-21-9-10-22(40)15-32(34,14-21)18-43-17-26-29(38-44-30(26)19-7-8-19)24-5-3-4-6-27(24)33(35,36)37/h3-6,11-13,16,19,21-22H,7-10,14-15,17-18H2,1-2H3. The minimum atomic E-state index is -4.56. The molecule has 1 aliphatic carbocycles. The fourth-order valence-corrected chi connectivity index (χ4v) is 7.25. The number of carbonyl (C=O) groups excluding carboxylic acids is 1. The minimum Gasteiger partial charge on any atom is -0.465 e. The number of ether oxygens (including phenoxy) is 2. The first kappa shape index (κ1) is 28.9. The van der Waals surface area contributed by atoms with Crippen molar-refractivity contribution in [2.75, 3.05) is 18.6 Å². The number of aromatic nitrogens is 2. The number of methoxy groups -OCH3 is 1. The molecule has 1 saturated carbocycles. The van der Waals surface area contributed by atoms with Crippen LogP contribution >= 0.6 is 0 Å². The highest BCUT2D eigenvalue weighted by atomic mass is 19.4. The van der Waals surface area contributed by atoms with Crippen LogP contribution in [0.5, 0.6) is 0 Å². The molecule has 2 aliphatic heterocycles. The molecule has 2 aromatic heterocycles. The second kappa shape index (κ2) is 10.6. The average Bonchev–Trinajstić information content (AvgIpc) is 3.58. The Morgan fingerprint density at radius 3 is 2.50 bits per heavy atom. The summed E-state index contributed by atoms with van der Waals surface area (Å²) < 4.78 is 76.2. The predicted octanol–water partition coefficient (Wildman–Crippen LogP) is 7.57. The highest BCUT2D eigenvalue weighted by Crippen LogP contribution is 2.48. The number of aryl methyl sites for hydroxylation is 1. The van der Waals surface area contributed by atoms with E-state index >= 15 is 4.39 Å². The largest absolute Gasteiger partial charge is 0.465 e. The fourth-order valence-electron chi connectivity index (χ4n) is 7.25. The summed E-state index contributed by atoms with van der Waals surface area (Å²) in [6.07, 6.45) is 1.20. The molecule has 2 atom stereocenters. The number of alkyl halides is 4. The van der Waals surface area contributed by atoms with Crippen molar-refractivity contribution >= 4 is 22.6 Å². The van der Waals surface area contributed by atoms with E-state index in [1.165, 1.54) is 25.3 Å². The molecule has 2 aromatic carbocycles. The number of nitrogens with zero attached hydrogens (tertiary/aromatic N) is 3. The lowest BCUT2D eigenvalue weighted by atomic mass is 9.88. The predicted molar refractivity (Wildman–Crippen MR) is 155 cm³/mol. The molecule has 11 heteroatoms. The summed E-state index contributed by atoms with van der Waals surface area (Å²) in [5.74, 6) is 0.235. The third kappa shape index (κ3) is 5.04. The van der Waals surface area contributed by atoms with E-state index in [2.05, 4.69) is 10.1 Å². The fraction of sp³-hybridized carbons (Fsp3) is 0.455. The molecule has 0 spiro atoms. The maximum Gasteiger partial charge on any atom is 0.417 e. The molecular weight excluding hydrogens is 578 g/mol. The van der Waals surface area contributed by atoms with E-state index in [4.69, 9.17) is 14.0 Å². The van der Waals surface area contributed by atoms with Crippen LogP contribution in [0.4, 0.5) is 23.2 Å². The van der Waals surface area contributed by atoms with Crippen molar-refractivity contribution in [3.8, 4) is 11.3 Å². The summed E-state index contributed by atoms with van der Waals surface area (Å²) in [6, 6.07) is 11.2. The van der Waals surface area contributed by atoms with E-state index in [-0.39, 0.29) is 55.3 Å². The highest BCUT2D eigenvalue weighted by Gasteiger charge is 2.49. The maximum absolute atomic E-state index is 16.4. The first-order chi connectivity index (χ1) is 21.1. The number of carbonyl (C=O) groups is 1. The average molecular weight is 612 g/mol. The molecule has 2 bridgehead atoms. The molecule has 2 unspecified atom stereocenters. The van der Waals surface area contributed by atoms with Crippen molar-refractivity contribution < 1.29 is 36.4 Å². The molecule has 232 valence electrons. The molecule has 4 aromatic rings. The van der Waals surface area contributed by atoms with Gasteiger partial charge in [-0.3, -0.25) is 0 Å². The Balaban J connectivity index is 1.08. The number of anilines is 1. The molecule has 44 heavy (non-hydrogen) atoms. The molecule has 0 N–H and O–H groups in total. The molecule has 3 aliphatic rings. The van der Waals surface area contributed by atoms with Crippen molar-refractivity contribution in [3.05, 3.63) is 71.1 Å². The Labute approximate surface area is 251 Å². The van der Waals surface area contributed by atoms with Gasteiger partial charge in [-0.05, 0) is 49.9 Å². The van der Waals surface area contributed by atoms with Crippen LogP contribution in [-0.2, 0) is 29.3 Å². The van der Waals surface area contributed by atoms with Gasteiger partial charge in [-0.2, -0.15) is 13.2 Å². The van der Waals surface area contributed by atoms with Crippen molar-refractivity contribution in [3.63, 3.8) is 0 Å². The van der Waals surface area contributed by atoms with E-state index < -0.39 is 23.4 Å². The quantitative estimate of drug-likeness (QED) is 0.151. The summed E-state index contributed by atoms with van der Waals surface area (Å²) in [5, 5.41) is 4.85. The summed E-state index contributed by atoms with van der Waals surface area (Å²) in [6.45, 7) is -0.239. The number of halogens is 4. The van der Waals surface area contributed by atoms with Gasteiger partial charge in [0.1, 0.15) is 17.1 Å². The molecule has 7 rings (SSSR count). The molecule has 7 nitrogen and oxygen atoms in total. The molecule has 3 fully saturated rings. The summed E-state index contributed by atoms with van der Waals surface area (Å²) in [5.41, 5.74) is 0.520. The maximum atomic E-state index is 16.4. The lowest BCUT2D eigenvalue weighted by Gasteiger charge is -2.43. The Hall–Kier alpha value is -3.86. The number of hydrogen-bond acceptors (Lipinski definition) is 6. The van der Waals surface area contributed by atoms with E-state index in [1.54, 1.807) is 6.20 Å². The first-order valence-electron chi connectivity index (χ1n) is 14.9. The zero-order valence-corrected chi connectivity index (χ0v) is 24.5. The monoisotopic (exact) mass is 611 g/mol. The van der Waals surface area contributed by atoms with Gasteiger partial charge >= 0.3 is 12.1 Å². The van der Waals surface area contributed by atoms with Crippen molar-refractivity contribution in [1.29, 1.82) is 0 Å². The summed E-state index contributed by atoms with van der Waals surface area (Å²) in [7, 11) is 3.24. The van der Waals surface area contributed by atoms with Crippen LogP contribution < -0.4 is 4.90 Å². The topological polar surface area (TPSA) is 69.7 Å². The van der Waals surface area contributed by atoms with E-state index in [9.17, 15) is 18.0 Å². The third-order valence-electron chi connectivity index (χ3n) is 9.36. The van der Waals surface area contributed by atoms with Gasteiger partial charge in [-0.1, -0.05) is 23.4 Å². The van der Waals surface area contributed by atoms with E-state index in [0.717, 1.165) is 48.3 Å². The zero-order chi connectivity index (χ0) is 30.8. The SMILES string of the molecule is COC(=O)c1cn(C)c2cc(N3C4CCC3CC(F)(COCc3c(-c5ccccc5C(F)(F)F)noc3C3CC3)C4)ccc12. The van der Waals surface area contributed by atoms with Crippen molar-refractivity contribution in [2.45, 2.75) is 75.0 Å². The molecule has 4 heterocycles.